The van der Waals surface area contributed by atoms with Gasteiger partial charge in [0.2, 0.25) is 0 Å². The van der Waals surface area contributed by atoms with Gasteiger partial charge in [-0.2, -0.15) is 0 Å². The summed E-state index contributed by atoms with van der Waals surface area (Å²) in [5, 5.41) is 1.00. The minimum atomic E-state index is 0.791. The van der Waals surface area contributed by atoms with Crippen molar-refractivity contribution in [3.63, 3.8) is 0 Å². The van der Waals surface area contributed by atoms with Crippen molar-refractivity contribution >= 4 is 15.9 Å². The molecular weight excluding hydrogens is 252 g/mol. The molecule has 0 aliphatic rings. The van der Waals surface area contributed by atoms with E-state index in [1.54, 1.807) is 0 Å². The van der Waals surface area contributed by atoms with Crippen LogP contribution < -0.4 is 4.74 Å². The summed E-state index contributed by atoms with van der Waals surface area (Å²) in [7, 11) is 0. The molecule has 0 radical (unpaired) electrons. The molecule has 0 heterocycles. The van der Waals surface area contributed by atoms with Crippen LogP contribution in [0.25, 0.3) is 0 Å². The molecule has 0 N–H and O–H groups in total. The van der Waals surface area contributed by atoms with Gasteiger partial charge in [0, 0.05) is 5.33 Å². The Balaban J connectivity index is 2.35. The molecule has 84 valence electrons. The average molecular weight is 271 g/mol. The third-order valence-corrected chi connectivity index (χ3v) is 2.85. The van der Waals surface area contributed by atoms with Crippen molar-refractivity contribution < 1.29 is 4.74 Å². The molecule has 0 aliphatic carbocycles. The predicted molar refractivity (Wildman–Crippen MR) is 69.0 cm³/mol. The molecule has 0 bridgehead atoms. The standard InChI is InChI=1S/C13H19BrO/c1-2-3-5-12-6-8-13(9-7-12)15-11-4-10-14/h6-9H,2-5,10-11H2,1H3. The second kappa shape index (κ2) is 7.75. The zero-order valence-corrected chi connectivity index (χ0v) is 10.9. The van der Waals surface area contributed by atoms with Crippen molar-refractivity contribution in [1.82, 2.24) is 0 Å². The summed E-state index contributed by atoms with van der Waals surface area (Å²) in [4.78, 5) is 0. The Labute approximate surface area is 101 Å². The van der Waals surface area contributed by atoms with Crippen LogP contribution in [0.5, 0.6) is 5.75 Å². The Morgan fingerprint density at radius 2 is 1.87 bits per heavy atom. The van der Waals surface area contributed by atoms with Gasteiger partial charge in [0.1, 0.15) is 5.75 Å². The lowest BCUT2D eigenvalue weighted by atomic mass is 10.1. The zero-order chi connectivity index (χ0) is 10.9. The fourth-order valence-electron chi connectivity index (χ4n) is 1.38. The molecular formula is C13H19BrO. The molecule has 2 heteroatoms. The van der Waals surface area contributed by atoms with E-state index in [0.29, 0.717) is 0 Å². The van der Waals surface area contributed by atoms with Crippen molar-refractivity contribution in [3.8, 4) is 5.75 Å². The van der Waals surface area contributed by atoms with Gasteiger partial charge in [-0.25, -0.2) is 0 Å². The van der Waals surface area contributed by atoms with Crippen LogP contribution in [-0.4, -0.2) is 11.9 Å². The first-order chi connectivity index (χ1) is 7.36. The zero-order valence-electron chi connectivity index (χ0n) is 9.34. The highest BCUT2D eigenvalue weighted by Gasteiger charge is 1.95. The first kappa shape index (κ1) is 12.6. The largest absolute Gasteiger partial charge is 0.494 e. The summed E-state index contributed by atoms with van der Waals surface area (Å²) in [6.45, 7) is 3.01. The Kier molecular flexibility index (Phi) is 6.49. The molecule has 0 aromatic heterocycles. The van der Waals surface area contributed by atoms with E-state index in [1.807, 2.05) is 0 Å². The van der Waals surface area contributed by atoms with Crippen LogP contribution >= 0.6 is 15.9 Å². The van der Waals surface area contributed by atoms with E-state index < -0.39 is 0 Å². The molecule has 0 fully saturated rings. The quantitative estimate of drug-likeness (QED) is 0.533. The fourth-order valence-corrected chi connectivity index (χ4v) is 1.61. The second-order valence-corrected chi connectivity index (χ2v) is 4.43. The molecule has 15 heavy (non-hydrogen) atoms. The maximum absolute atomic E-state index is 5.58. The molecule has 0 amide bonds. The smallest absolute Gasteiger partial charge is 0.119 e. The minimum absolute atomic E-state index is 0.791. The lowest BCUT2D eigenvalue weighted by Gasteiger charge is -2.06. The Bertz CT molecular complexity index is 256. The van der Waals surface area contributed by atoms with Crippen LogP contribution in [0.4, 0.5) is 0 Å². The van der Waals surface area contributed by atoms with E-state index in [4.69, 9.17) is 4.74 Å². The van der Waals surface area contributed by atoms with Crippen LogP contribution in [0, 0.1) is 0 Å². The highest BCUT2D eigenvalue weighted by Crippen LogP contribution is 2.14. The van der Waals surface area contributed by atoms with Gasteiger partial charge in [-0.1, -0.05) is 41.4 Å². The lowest BCUT2D eigenvalue weighted by Crippen LogP contribution is -1.97. The maximum Gasteiger partial charge on any atom is 0.119 e. The topological polar surface area (TPSA) is 9.23 Å². The maximum atomic E-state index is 5.58. The van der Waals surface area contributed by atoms with Gasteiger partial charge in [-0.15, -0.1) is 0 Å². The first-order valence-electron chi connectivity index (χ1n) is 5.64. The summed E-state index contributed by atoms with van der Waals surface area (Å²) in [5.74, 6) is 0.983. The van der Waals surface area contributed by atoms with E-state index >= 15 is 0 Å². The van der Waals surface area contributed by atoms with Gasteiger partial charge in [-0.05, 0) is 37.0 Å². The minimum Gasteiger partial charge on any atom is -0.494 e. The number of rotatable bonds is 7. The number of alkyl halides is 1. The molecule has 0 spiro atoms. The number of hydrogen-bond donors (Lipinski definition) is 0. The molecule has 0 atom stereocenters. The van der Waals surface area contributed by atoms with E-state index in [-0.39, 0.29) is 0 Å². The van der Waals surface area contributed by atoms with Crippen molar-refractivity contribution in [1.29, 1.82) is 0 Å². The van der Waals surface area contributed by atoms with E-state index in [2.05, 4.69) is 47.1 Å². The Morgan fingerprint density at radius 1 is 1.13 bits per heavy atom. The SMILES string of the molecule is CCCCc1ccc(OCCCBr)cc1. The number of benzene rings is 1. The highest BCUT2D eigenvalue weighted by molar-refractivity contribution is 9.09. The third kappa shape index (κ3) is 5.22. The number of ether oxygens (including phenoxy) is 1. The second-order valence-electron chi connectivity index (χ2n) is 3.64. The van der Waals surface area contributed by atoms with Crippen molar-refractivity contribution in [3.05, 3.63) is 29.8 Å². The van der Waals surface area contributed by atoms with Crippen LogP contribution in [-0.2, 0) is 6.42 Å². The summed E-state index contributed by atoms with van der Waals surface area (Å²) in [6.07, 6.45) is 4.75. The van der Waals surface area contributed by atoms with Crippen LogP contribution in [0.3, 0.4) is 0 Å². The average Bonchev–Trinajstić information content (AvgIpc) is 2.28. The molecule has 1 rings (SSSR count). The first-order valence-corrected chi connectivity index (χ1v) is 6.76. The van der Waals surface area contributed by atoms with Crippen LogP contribution in [0.15, 0.2) is 24.3 Å². The molecule has 1 nitrogen and oxygen atoms in total. The Morgan fingerprint density at radius 3 is 2.47 bits per heavy atom. The van der Waals surface area contributed by atoms with Gasteiger partial charge in [0.05, 0.1) is 6.61 Å². The van der Waals surface area contributed by atoms with Gasteiger partial charge < -0.3 is 4.74 Å². The summed E-state index contributed by atoms with van der Waals surface area (Å²) in [6, 6.07) is 8.47. The predicted octanol–water partition coefficient (Wildman–Crippen LogP) is 4.19. The number of aryl methyl sites for hydroxylation is 1. The molecule has 0 aliphatic heterocycles. The van der Waals surface area contributed by atoms with Gasteiger partial charge in [-0.3, -0.25) is 0 Å². The number of unbranched alkanes of at least 4 members (excludes halogenated alkanes) is 1. The van der Waals surface area contributed by atoms with Crippen molar-refractivity contribution in [2.24, 2.45) is 0 Å². The normalized spacial score (nSPS) is 10.3. The highest BCUT2D eigenvalue weighted by atomic mass is 79.9. The number of hydrogen-bond acceptors (Lipinski definition) is 1. The van der Waals surface area contributed by atoms with Gasteiger partial charge in [0.15, 0.2) is 0 Å². The van der Waals surface area contributed by atoms with Crippen LogP contribution in [0.1, 0.15) is 31.7 Å². The molecule has 1 aromatic rings. The van der Waals surface area contributed by atoms with Crippen molar-refractivity contribution in [2.75, 3.05) is 11.9 Å². The van der Waals surface area contributed by atoms with Crippen molar-refractivity contribution in [2.45, 2.75) is 32.6 Å². The molecule has 0 saturated heterocycles. The van der Waals surface area contributed by atoms with Gasteiger partial charge in [0.25, 0.3) is 0 Å². The summed E-state index contributed by atoms with van der Waals surface area (Å²) < 4.78 is 5.58. The molecule has 0 saturated carbocycles. The van der Waals surface area contributed by atoms with E-state index in [0.717, 1.165) is 24.1 Å². The molecule has 1 aromatic carbocycles. The fraction of sp³-hybridized carbons (Fsp3) is 0.538. The molecule has 0 unspecified atom stereocenters. The Hall–Kier alpha value is -0.500. The summed E-state index contributed by atoms with van der Waals surface area (Å²) in [5.41, 5.74) is 1.41. The van der Waals surface area contributed by atoms with Gasteiger partial charge >= 0.3 is 0 Å². The third-order valence-electron chi connectivity index (χ3n) is 2.29. The lowest BCUT2D eigenvalue weighted by molar-refractivity contribution is 0.319. The van der Waals surface area contributed by atoms with E-state index in [1.165, 1.54) is 24.8 Å². The van der Waals surface area contributed by atoms with Crippen LogP contribution in [0.2, 0.25) is 0 Å². The number of halogens is 1. The monoisotopic (exact) mass is 270 g/mol. The summed E-state index contributed by atoms with van der Waals surface area (Å²) >= 11 is 3.38. The van der Waals surface area contributed by atoms with E-state index in [9.17, 15) is 0 Å².